The maximum absolute atomic E-state index is 5.82. The molecule has 0 radical (unpaired) electrons. The third-order valence-corrected chi connectivity index (χ3v) is 4.39. The molecule has 0 aromatic heterocycles. The van der Waals surface area contributed by atoms with Gasteiger partial charge in [-0.15, -0.1) is 0 Å². The molecule has 0 aliphatic heterocycles. The smallest absolute Gasteiger partial charge is 0.0422 e. The van der Waals surface area contributed by atoms with Gasteiger partial charge in [0.25, 0.3) is 0 Å². The zero-order valence-electron chi connectivity index (χ0n) is 12.0. The second kappa shape index (κ2) is 7.25. The summed E-state index contributed by atoms with van der Waals surface area (Å²) in [6, 6.07) is 0.368. The molecule has 0 rings (SSSR count). The number of nitrogens with zero attached hydrogens (tertiary/aromatic N) is 1. The average molecular weight is 229 g/mol. The van der Waals surface area contributed by atoms with E-state index in [0.717, 1.165) is 12.8 Å². The Hall–Kier alpha value is -0.120. The lowest BCUT2D eigenvalue weighted by molar-refractivity contribution is 0.0566. The van der Waals surface area contributed by atoms with E-state index < -0.39 is 0 Å². The molecule has 16 heavy (non-hydrogen) atoms. The van der Waals surface area contributed by atoms with Crippen LogP contribution in [-0.2, 0) is 0 Å². The first-order valence-corrected chi connectivity index (χ1v) is 6.67. The van der Waals surface area contributed by atoms with Crippen LogP contribution in [0.2, 0.25) is 0 Å². The van der Waals surface area contributed by atoms with E-state index in [1.807, 2.05) is 0 Å². The summed E-state index contributed by atoms with van der Waals surface area (Å²) in [4.78, 5) is 2.34. The number of nitrogens with one attached hydrogen (secondary N) is 1. The first-order valence-electron chi connectivity index (χ1n) is 6.67. The van der Waals surface area contributed by atoms with Crippen LogP contribution in [-0.4, -0.2) is 30.6 Å². The Morgan fingerprint density at radius 2 is 1.50 bits per heavy atom. The average Bonchev–Trinajstić information content (AvgIpc) is 2.29. The van der Waals surface area contributed by atoms with Crippen LogP contribution in [0.25, 0.3) is 0 Å². The van der Waals surface area contributed by atoms with Crippen molar-refractivity contribution >= 4 is 0 Å². The molecule has 3 nitrogen and oxygen atoms in total. The number of hydrogen-bond acceptors (Lipinski definition) is 3. The quantitative estimate of drug-likeness (QED) is 0.496. The molecule has 98 valence electrons. The minimum atomic E-state index is 0.172. The standard InChI is InChI=1S/C13H31N3/c1-7-11(8-2)12(15-14)13(9-3,10-4)16(5)6/h11-12,15H,7-10,14H2,1-6H3. The van der Waals surface area contributed by atoms with Gasteiger partial charge in [-0.2, -0.15) is 0 Å². The van der Waals surface area contributed by atoms with Gasteiger partial charge in [0.15, 0.2) is 0 Å². The van der Waals surface area contributed by atoms with Crippen molar-refractivity contribution in [3.63, 3.8) is 0 Å². The van der Waals surface area contributed by atoms with Gasteiger partial charge >= 0.3 is 0 Å². The first-order chi connectivity index (χ1) is 7.53. The second-order valence-electron chi connectivity index (χ2n) is 4.93. The van der Waals surface area contributed by atoms with Crippen LogP contribution in [0.1, 0.15) is 53.4 Å². The van der Waals surface area contributed by atoms with E-state index in [1.54, 1.807) is 0 Å². The lowest BCUT2D eigenvalue weighted by Gasteiger charge is -2.47. The lowest BCUT2D eigenvalue weighted by atomic mass is 9.75. The number of likely N-dealkylation sites (N-methyl/N-ethyl adjacent to an activating group) is 1. The van der Waals surface area contributed by atoms with Crippen molar-refractivity contribution in [2.24, 2.45) is 11.8 Å². The Morgan fingerprint density at radius 1 is 1.06 bits per heavy atom. The van der Waals surface area contributed by atoms with Crippen LogP contribution < -0.4 is 11.3 Å². The van der Waals surface area contributed by atoms with Crippen LogP contribution in [0.3, 0.4) is 0 Å². The second-order valence-corrected chi connectivity index (χ2v) is 4.93. The molecule has 0 spiro atoms. The zero-order chi connectivity index (χ0) is 12.8. The molecule has 0 aliphatic rings. The Morgan fingerprint density at radius 3 is 1.69 bits per heavy atom. The molecule has 0 saturated carbocycles. The molecule has 1 atom stereocenters. The SMILES string of the molecule is CCC(CC)C(NN)C(CC)(CC)N(C)C. The lowest BCUT2D eigenvalue weighted by Crippen LogP contribution is -2.62. The van der Waals surface area contributed by atoms with Crippen LogP contribution in [0, 0.1) is 5.92 Å². The highest BCUT2D eigenvalue weighted by Gasteiger charge is 2.40. The minimum absolute atomic E-state index is 0.172. The van der Waals surface area contributed by atoms with E-state index in [1.165, 1.54) is 12.8 Å². The predicted octanol–water partition coefficient (Wildman–Crippen LogP) is 2.37. The summed E-state index contributed by atoms with van der Waals surface area (Å²) in [5, 5.41) is 0. The number of rotatable bonds is 8. The Kier molecular flexibility index (Phi) is 7.20. The normalized spacial score (nSPS) is 14.8. The van der Waals surface area contributed by atoms with E-state index in [4.69, 9.17) is 5.84 Å². The molecular formula is C13H31N3. The van der Waals surface area contributed by atoms with Crippen molar-refractivity contribution in [3.8, 4) is 0 Å². The molecule has 1 unspecified atom stereocenters. The van der Waals surface area contributed by atoms with Gasteiger partial charge in [0.2, 0.25) is 0 Å². The summed E-state index contributed by atoms with van der Waals surface area (Å²) in [6.07, 6.45) is 4.62. The fourth-order valence-corrected chi connectivity index (χ4v) is 3.09. The Labute approximate surface area is 102 Å². The van der Waals surface area contributed by atoms with E-state index >= 15 is 0 Å². The van der Waals surface area contributed by atoms with Crippen LogP contribution in [0.15, 0.2) is 0 Å². The molecule has 3 N–H and O–H groups in total. The maximum Gasteiger partial charge on any atom is 0.0422 e. The van der Waals surface area contributed by atoms with Gasteiger partial charge in [-0.05, 0) is 32.9 Å². The van der Waals surface area contributed by atoms with E-state index in [-0.39, 0.29) is 5.54 Å². The van der Waals surface area contributed by atoms with Crippen molar-refractivity contribution in [2.45, 2.75) is 65.0 Å². The van der Waals surface area contributed by atoms with Gasteiger partial charge in [-0.25, -0.2) is 0 Å². The van der Waals surface area contributed by atoms with Crippen molar-refractivity contribution in [1.82, 2.24) is 10.3 Å². The first kappa shape index (κ1) is 15.9. The molecule has 0 heterocycles. The van der Waals surface area contributed by atoms with Crippen LogP contribution in [0.4, 0.5) is 0 Å². The fraction of sp³-hybridized carbons (Fsp3) is 1.00. The number of nitrogens with two attached hydrogens (primary N) is 1. The molecule has 0 saturated heterocycles. The minimum Gasteiger partial charge on any atom is -0.302 e. The van der Waals surface area contributed by atoms with Gasteiger partial charge in [0.05, 0.1) is 0 Å². The van der Waals surface area contributed by atoms with Crippen molar-refractivity contribution < 1.29 is 0 Å². The van der Waals surface area contributed by atoms with Crippen molar-refractivity contribution in [1.29, 1.82) is 0 Å². The fourth-order valence-electron chi connectivity index (χ4n) is 3.09. The van der Waals surface area contributed by atoms with Crippen LogP contribution >= 0.6 is 0 Å². The molecule has 0 fully saturated rings. The third-order valence-electron chi connectivity index (χ3n) is 4.39. The molecular weight excluding hydrogens is 198 g/mol. The number of hydrazine groups is 1. The highest BCUT2D eigenvalue weighted by Crippen LogP contribution is 2.32. The largest absolute Gasteiger partial charge is 0.302 e. The highest BCUT2D eigenvalue weighted by molar-refractivity contribution is 4.98. The van der Waals surface area contributed by atoms with Crippen LogP contribution in [0.5, 0.6) is 0 Å². The highest BCUT2D eigenvalue weighted by atomic mass is 15.3. The molecule has 0 aromatic rings. The summed E-state index contributed by atoms with van der Waals surface area (Å²) in [5.41, 5.74) is 3.26. The van der Waals surface area contributed by atoms with Gasteiger partial charge in [0, 0.05) is 11.6 Å². The van der Waals surface area contributed by atoms with Crippen molar-refractivity contribution in [2.75, 3.05) is 14.1 Å². The molecule has 0 aliphatic carbocycles. The van der Waals surface area contributed by atoms with Gasteiger partial charge < -0.3 is 4.90 Å². The predicted molar refractivity (Wildman–Crippen MR) is 72.2 cm³/mol. The summed E-state index contributed by atoms with van der Waals surface area (Å²) >= 11 is 0. The molecule has 0 bridgehead atoms. The monoisotopic (exact) mass is 229 g/mol. The van der Waals surface area contributed by atoms with Gasteiger partial charge in [0.1, 0.15) is 0 Å². The summed E-state index contributed by atoms with van der Waals surface area (Å²) in [7, 11) is 4.33. The number of hydrogen-bond donors (Lipinski definition) is 2. The summed E-state index contributed by atoms with van der Waals surface area (Å²) in [6.45, 7) is 9.03. The summed E-state index contributed by atoms with van der Waals surface area (Å²) < 4.78 is 0. The Balaban J connectivity index is 5.11. The Bertz CT molecular complexity index is 172. The van der Waals surface area contributed by atoms with E-state index in [0.29, 0.717) is 12.0 Å². The topological polar surface area (TPSA) is 41.3 Å². The summed E-state index contributed by atoms with van der Waals surface area (Å²) in [5.74, 6) is 6.47. The van der Waals surface area contributed by atoms with E-state index in [9.17, 15) is 0 Å². The van der Waals surface area contributed by atoms with E-state index in [2.05, 4.69) is 52.1 Å². The zero-order valence-corrected chi connectivity index (χ0v) is 12.0. The van der Waals surface area contributed by atoms with Gasteiger partial charge in [-0.3, -0.25) is 11.3 Å². The maximum atomic E-state index is 5.82. The molecule has 0 aromatic carbocycles. The molecule has 3 heteroatoms. The van der Waals surface area contributed by atoms with Crippen molar-refractivity contribution in [3.05, 3.63) is 0 Å². The third kappa shape index (κ3) is 2.96. The molecule has 0 amide bonds. The van der Waals surface area contributed by atoms with Gasteiger partial charge in [-0.1, -0.05) is 40.5 Å².